The zero-order valence-corrected chi connectivity index (χ0v) is 13.8. The van der Waals surface area contributed by atoms with Gasteiger partial charge in [0.25, 0.3) is 0 Å². The summed E-state index contributed by atoms with van der Waals surface area (Å²) in [7, 11) is -3.82. The Kier molecular flexibility index (Phi) is 4.42. The summed E-state index contributed by atoms with van der Waals surface area (Å²) in [5, 5.41) is 0.181. The van der Waals surface area contributed by atoms with Crippen molar-refractivity contribution in [2.45, 2.75) is 9.99 Å². The molecule has 0 bridgehead atoms. The Balaban J connectivity index is 1.82. The Morgan fingerprint density at radius 2 is 1.58 bits per heavy atom. The van der Waals surface area contributed by atoms with E-state index >= 15 is 0 Å². The van der Waals surface area contributed by atoms with E-state index in [0.29, 0.717) is 5.02 Å². The molecule has 3 aromatic rings. The minimum absolute atomic E-state index is 0.0805. The Morgan fingerprint density at radius 1 is 0.917 bits per heavy atom. The van der Waals surface area contributed by atoms with Crippen LogP contribution in [0, 0.1) is 0 Å². The molecule has 0 N–H and O–H groups in total. The molecule has 0 atom stereocenters. The predicted molar refractivity (Wildman–Crippen MR) is 87.0 cm³/mol. The maximum Gasteiger partial charge on any atom is 0.379 e. The second-order valence-corrected chi connectivity index (χ2v) is 7.10. The molecule has 0 saturated carbocycles. The Morgan fingerprint density at radius 3 is 2.25 bits per heavy atom. The van der Waals surface area contributed by atoms with E-state index in [1.54, 1.807) is 30.3 Å². The fourth-order valence-corrected chi connectivity index (χ4v) is 3.27. The van der Waals surface area contributed by atoms with Gasteiger partial charge in [-0.2, -0.15) is 0 Å². The molecule has 0 radical (unpaired) electrons. The average molecular weight is 363 g/mol. The average Bonchev–Trinajstić information content (AvgIpc) is 3.09. The smallest absolute Gasteiger partial charge is 0.379 e. The summed E-state index contributed by atoms with van der Waals surface area (Å²) in [5.41, 5.74) is 0. The maximum atomic E-state index is 12.4. The molecule has 2 aromatic carbocycles. The van der Waals surface area contributed by atoms with Gasteiger partial charge in [-0.1, -0.05) is 29.8 Å². The summed E-state index contributed by atoms with van der Waals surface area (Å²) in [6.07, 6.45) is 0. The van der Waals surface area contributed by atoms with Crippen LogP contribution in [0.25, 0.3) is 0 Å². The number of hydrogen-bond donors (Lipinski definition) is 0. The van der Waals surface area contributed by atoms with Gasteiger partial charge in [-0.3, -0.25) is 0 Å². The fourth-order valence-electron chi connectivity index (χ4n) is 1.95. The van der Waals surface area contributed by atoms with Gasteiger partial charge in [0.2, 0.25) is 20.7 Å². The lowest BCUT2D eigenvalue weighted by Crippen LogP contribution is -2.07. The highest BCUT2D eigenvalue weighted by atomic mass is 35.5. The zero-order valence-electron chi connectivity index (χ0n) is 12.2. The number of halogens is 1. The highest BCUT2D eigenvalue weighted by molar-refractivity contribution is 7.91. The van der Waals surface area contributed by atoms with Crippen molar-refractivity contribution in [1.29, 1.82) is 0 Å². The zero-order chi connectivity index (χ0) is 17.2. The van der Waals surface area contributed by atoms with E-state index in [9.17, 15) is 13.2 Å². The Hall–Kier alpha value is -2.57. The molecule has 5 nitrogen and oxygen atoms in total. The van der Waals surface area contributed by atoms with Crippen molar-refractivity contribution in [1.82, 2.24) is 0 Å². The normalized spacial score (nSPS) is 11.2. The molecule has 122 valence electrons. The van der Waals surface area contributed by atoms with Crippen molar-refractivity contribution in [3.8, 4) is 5.75 Å². The lowest BCUT2D eigenvalue weighted by molar-refractivity contribution is 0.0695. The van der Waals surface area contributed by atoms with E-state index in [0.717, 1.165) is 0 Å². The van der Waals surface area contributed by atoms with Crippen molar-refractivity contribution in [3.05, 3.63) is 77.5 Å². The number of rotatable bonds is 4. The van der Waals surface area contributed by atoms with Crippen molar-refractivity contribution >= 4 is 27.4 Å². The highest BCUT2D eigenvalue weighted by Gasteiger charge is 2.24. The second kappa shape index (κ2) is 6.51. The molecule has 0 fully saturated rings. The van der Waals surface area contributed by atoms with Crippen LogP contribution in [0.15, 0.2) is 81.1 Å². The lowest BCUT2D eigenvalue weighted by atomic mass is 10.3. The van der Waals surface area contributed by atoms with Gasteiger partial charge in [0.15, 0.2) is 0 Å². The van der Waals surface area contributed by atoms with E-state index in [-0.39, 0.29) is 21.5 Å². The fraction of sp³-hybridized carbons (Fsp3) is 0. The van der Waals surface area contributed by atoms with Crippen LogP contribution in [0.2, 0.25) is 5.02 Å². The molecule has 0 spiro atoms. The third-order valence-electron chi connectivity index (χ3n) is 3.13. The van der Waals surface area contributed by atoms with Crippen molar-refractivity contribution < 1.29 is 22.4 Å². The van der Waals surface area contributed by atoms with Crippen LogP contribution in [0.1, 0.15) is 10.6 Å². The van der Waals surface area contributed by atoms with Gasteiger partial charge in [-0.15, -0.1) is 0 Å². The predicted octanol–water partition coefficient (Wildman–Crippen LogP) is 3.99. The van der Waals surface area contributed by atoms with Crippen LogP contribution in [0.4, 0.5) is 0 Å². The Bertz CT molecular complexity index is 960. The molecule has 0 saturated heterocycles. The lowest BCUT2D eigenvalue weighted by Gasteiger charge is -2.02. The Labute approximate surface area is 143 Å². The van der Waals surface area contributed by atoms with E-state index in [1.165, 1.54) is 36.4 Å². The summed E-state index contributed by atoms with van der Waals surface area (Å²) < 4.78 is 35.1. The second-order valence-electron chi connectivity index (χ2n) is 4.78. The summed E-state index contributed by atoms with van der Waals surface area (Å²) in [5.74, 6) is -0.737. The van der Waals surface area contributed by atoms with E-state index in [1.807, 2.05) is 0 Å². The van der Waals surface area contributed by atoms with E-state index in [2.05, 4.69) is 0 Å². The topological polar surface area (TPSA) is 73.6 Å². The first kappa shape index (κ1) is 16.3. The van der Waals surface area contributed by atoms with Crippen LogP contribution >= 0.6 is 11.6 Å². The molecule has 0 unspecified atom stereocenters. The molecular formula is C17H11ClO5S. The molecule has 0 aliphatic heterocycles. The number of esters is 1. The van der Waals surface area contributed by atoms with E-state index in [4.69, 9.17) is 20.8 Å². The van der Waals surface area contributed by atoms with Gasteiger partial charge < -0.3 is 9.15 Å². The number of carbonyl (C=O) groups excluding carboxylic acids is 1. The van der Waals surface area contributed by atoms with Crippen LogP contribution in [-0.2, 0) is 9.84 Å². The first-order valence-corrected chi connectivity index (χ1v) is 8.71. The highest BCUT2D eigenvalue weighted by Crippen LogP contribution is 2.24. The van der Waals surface area contributed by atoms with Crippen molar-refractivity contribution in [3.63, 3.8) is 0 Å². The quantitative estimate of drug-likeness (QED) is 0.518. The number of carbonyl (C=O) groups is 1. The summed E-state index contributed by atoms with van der Waals surface area (Å²) in [6.45, 7) is 0. The molecule has 1 heterocycles. The van der Waals surface area contributed by atoms with E-state index < -0.39 is 15.8 Å². The van der Waals surface area contributed by atoms with Gasteiger partial charge in [0.1, 0.15) is 5.75 Å². The molecular weight excluding hydrogens is 352 g/mol. The van der Waals surface area contributed by atoms with Crippen LogP contribution in [-0.4, -0.2) is 14.4 Å². The SMILES string of the molecule is O=C(Oc1ccc(Cl)cc1)c1ccc(S(=O)(=O)c2ccccc2)o1. The largest absolute Gasteiger partial charge is 0.437 e. The van der Waals surface area contributed by atoms with Gasteiger partial charge in [0, 0.05) is 5.02 Å². The molecule has 24 heavy (non-hydrogen) atoms. The first-order valence-electron chi connectivity index (χ1n) is 6.84. The molecule has 0 aliphatic rings. The molecule has 3 rings (SSSR count). The summed E-state index contributed by atoms with van der Waals surface area (Å²) in [4.78, 5) is 12.1. The molecule has 0 amide bonds. The minimum atomic E-state index is -3.82. The van der Waals surface area contributed by atoms with Gasteiger partial charge in [-0.05, 0) is 48.5 Å². The first-order chi connectivity index (χ1) is 11.5. The summed E-state index contributed by atoms with van der Waals surface area (Å²) in [6, 6.07) is 16.5. The van der Waals surface area contributed by atoms with Crippen LogP contribution < -0.4 is 4.74 Å². The number of hydrogen-bond acceptors (Lipinski definition) is 5. The van der Waals surface area contributed by atoms with Gasteiger partial charge in [0.05, 0.1) is 4.90 Å². The van der Waals surface area contributed by atoms with Crippen molar-refractivity contribution in [2.75, 3.05) is 0 Å². The monoisotopic (exact) mass is 362 g/mol. The van der Waals surface area contributed by atoms with Crippen LogP contribution in [0.5, 0.6) is 5.75 Å². The van der Waals surface area contributed by atoms with Crippen LogP contribution in [0.3, 0.4) is 0 Å². The number of ether oxygens (including phenoxy) is 1. The molecule has 1 aromatic heterocycles. The number of furan rings is 1. The van der Waals surface area contributed by atoms with Gasteiger partial charge in [-0.25, -0.2) is 13.2 Å². The molecule has 0 aliphatic carbocycles. The maximum absolute atomic E-state index is 12.4. The number of benzene rings is 2. The minimum Gasteiger partial charge on any atom is -0.437 e. The standard InChI is InChI=1S/C17H11ClO5S/c18-12-6-8-13(9-7-12)22-17(19)15-10-11-16(23-15)24(20,21)14-4-2-1-3-5-14/h1-11H. The summed E-state index contributed by atoms with van der Waals surface area (Å²) >= 11 is 5.75. The van der Waals surface area contributed by atoms with Gasteiger partial charge >= 0.3 is 5.97 Å². The molecule has 7 heteroatoms. The third kappa shape index (κ3) is 3.34. The third-order valence-corrected chi connectivity index (χ3v) is 5.02. The number of sulfone groups is 1. The van der Waals surface area contributed by atoms with Crippen molar-refractivity contribution in [2.24, 2.45) is 0 Å².